The van der Waals surface area contributed by atoms with Gasteiger partial charge in [0.25, 0.3) is 0 Å². The summed E-state index contributed by atoms with van der Waals surface area (Å²) in [5.74, 6) is -1.73. The highest BCUT2D eigenvalue weighted by Gasteiger charge is 2.35. The molecule has 5 heteroatoms. The first-order chi connectivity index (χ1) is 9.61. The Balaban J connectivity index is 1.89. The van der Waals surface area contributed by atoms with E-state index in [0.717, 1.165) is 5.56 Å². The van der Waals surface area contributed by atoms with Crippen LogP contribution in [0.4, 0.5) is 4.79 Å². The Bertz CT molecular complexity index is 474. The number of hydrogen-bond donors (Lipinski definition) is 0. The van der Waals surface area contributed by atoms with Crippen LogP contribution in [-0.2, 0) is 16.1 Å². The van der Waals surface area contributed by atoms with Crippen molar-refractivity contribution in [1.29, 1.82) is 0 Å². The number of ether oxygens (including phenoxy) is 1. The zero-order chi connectivity index (χ0) is 14.5. The second kappa shape index (κ2) is 6.41. The van der Waals surface area contributed by atoms with Crippen LogP contribution in [-0.4, -0.2) is 30.1 Å². The van der Waals surface area contributed by atoms with Crippen molar-refractivity contribution in [2.45, 2.75) is 20.0 Å². The molecular formula is C15H18NO4-. The SMILES string of the molecule is CC[C@H]1CN(C(=O)OCc2ccccc2)C[C@H]1C(=O)[O-]. The number of amides is 1. The van der Waals surface area contributed by atoms with Crippen molar-refractivity contribution in [3.8, 4) is 0 Å². The van der Waals surface area contributed by atoms with Gasteiger partial charge in [0, 0.05) is 25.0 Å². The van der Waals surface area contributed by atoms with Crippen molar-refractivity contribution in [1.82, 2.24) is 4.90 Å². The van der Waals surface area contributed by atoms with Crippen molar-refractivity contribution in [2.24, 2.45) is 11.8 Å². The molecule has 2 atom stereocenters. The number of carboxylic acids is 1. The van der Waals surface area contributed by atoms with Gasteiger partial charge < -0.3 is 19.5 Å². The Labute approximate surface area is 118 Å². The molecule has 108 valence electrons. The summed E-state index contributed by atoms with van der Waals surface area (Å²) in [5, 5.41) is 11.0. The fourth-order valence-electron chi connectivity index (χ4n) is 2.51. The van der Waals surface area contributed by atoms with Gasteiger partial charge in [0.15, 0.2) is 0 Å². The molecule has 0 bridgehead atoms. The van der Waals surface area contributed by atoms with E-state index >= 15 is 0 Å². The molecule has 1 aliphatic rings. The van der Waals surface area contributed by atoms with Crippen molar-refractivity contribution >= 4 is 12.1 Å². The molecule has 0 radical (unpaired) electrons. The number of carboxylic acid groups (broad SMARTS) is 1. The largest absolute Gasteiger partial charge is 0.550 e. The zero-order valence-corrected chi connectivity index (χ0v) is 11.5. The van der Waals surface area contributed by atoms with Crippen LogP contribution in [0.1, 0.15) is 18.9 Å². The van der Waals surface area contributed by atoms with Crippen LogP contribution in [0.25, 0.3) is 0 Å². The summed E-state index contributed by atoms with van der Waals surface area (Å²) in [6, 6.07) is 9.38. The highest BCUT2D eigenvalue weighted by Crippen LogP contribution is 2.26. The van der Waals surface area contributed by atoms with Crippen LogP contribution < -0.4 is 5.11 Å². The molecule has 0 saturated carbocycles. The van der Waals surface area contributed by atoms with Crippen molar-refractivity contribution in [3.63, 3.8) is 0 Å². The maximum absolute atomic E-state index is 11.9. The highest BCUT2D eigenvalue weighted by molar-refractivity contribution is 5.73. The fourth-order valence-corrected chi connectivity index (χ4v) is 2.51. The van der Waals surface area contributed by atoms with Crippen LogP contribution in [0.5, 0.6) is 0 Å². The molecule has 0 unspecified atom stereocenters. The third-order valence-electron chi connectivity index (χ3n) is 3.73. The van der Waals surface area contributed by atoms with Crippen LogP contribution in [0.3, 0.4) is 0 Å². The molecule has 1 saturated heterocycles. The number of benzene rings is 1. The van der Waals surface area contributed by atoms with Gasteiger partial charge in [-0.1, -0.05) is 43.7 Å². The molecule has 0 N–H and O–H groups in total. The van der Waals surface area contributed by atoms with E-state index in [2.05, 4.69) is 0 Å². The summed E-state index contributed by atoms with van der Waals surface area (Å²) in [6.45, 7) is 2.71. The van der Waals surface area contributed by atoms with Gasteiger partial charge >= 0.3 is 6.09 Å². The molecule has 1 heterocycles. The predicted octanol–water partition coefficient (Wildman–Crippen LogP) is 1.03. The molecule has 1 fully saturated rings. The summed E-state index contributed by atoms with van der Waals surface area (Å²) in [4.78, 5) is 24.4. The van der Waals surface area contributed by atoms with Crippen molar-refractivity contribution < 1.29 is 19.4 Å². The summed E-state index contributed by atoms with van der Waals surface area (Å²) in [6.07, 6.45) is 0.247. The van der Waals surface area contributed by atoms with Crippen LogP contribution >= 0.6 is 0 Å². The monoisotopic (exact) mass is 276 g/mol. The van der Waals surface area contributed by atoms with E-state index in [9.17, 15) is 14.7 Å². The van der Waals surface area contributed by atoms with Gasteiger partial charge in [-0.05, 0) is 11.5 Å². The van der Waals surface area contributed by atoms with E-state index in [4.69, 9.17) is 4.74 Å². The molecule has 0 spiro atoms. The number of carbonyl (C=O) groups is 2. The number of likely N-dealkylation sites (tertiary alicyclic amines) is 1. The lowest BCUT2D eigenvalue weighted by atomic mass is 9.94. The van der Waals surface area contributed by atoms with E-state index in [1.807, 2.05) is 37.3 Å². The van der Waals surface area contributed by atoms with Gasteiger partial charge in [0.2, 0.25) is 0 Å². The van der Waals surface area contributed by atoms with Gasteiger partial charge in [0.1, 0.15) is 6.61 Å². The summed E-state index contributed by atoms with van der Waals surface area (Å²) >= 11 is 0. The Hall–Kier alpha value is -2.04. The second-order valence-electron chi connectivity index (χ2n) is 5.04. The van der Waals surface area contributed by atoms with Crippen molar-refractivity contribution in [2.75, 3.05) is 13.1 Å². The Morgan fingerprint density at radius 3 is 2.55 bits per heavy atom. The predicted molar refractivity (Wildman–Crippen MR) is 70.5 cm³/mol. The lowest BCUT2D eigenvalue weighted by Crippen LogP contribution is -2.36. The van der Waals surface area contributed by atoms with Crippen LogP contribution in [0.15, 0.2) is 30.3 Å². The maximum Gasteiger partial charge on any atom is 0.410 e. The Kier molecular flexibility index (Phi) is 4.61. The first-order valence-electron chi connectivity index (χ1n) is 6.78. The van der Waals surface area contributed by atoms with E-state index in [0.29, 0.717) is 13.0 Å². The minimum absolute atomic E-state index is 0.0516. The number of aliphatic carboxylic acids is 1. The summed E-state index contributed by atoms with van der Waals surface area (Å²) in [7, 11) is 0. The lowest BCUT2D eigenvalue weighted by Gasteiger charge is -2.17. The molecule has 5 nitrogen and oxygen atoms in total. The lowest BCUT2D eigenvalue weighted by molar-refractivity contribution is -0.312. The smallest absolute Gasteiger partial charge is 0.410 e. The standard InChI is InChI=1S/C15H19NO4/c1-2-12-8-16(9-13(12)14(17)18)15(19)20-10-11-6-4-3-5-7-11/h3-7,12-13H,2,8-10H2,1H3,(H,17,18)/p-1/t12-,13+/m0/s1. The van der Waals surface area contributed by atoms with Gasteiger partial charge in [0.05, 0.1) is 0 Å². The Morgan fingerprint density at radius 2 is 2.00 bits per heavy atom. The molecule has 1 aromatic carbocycles. The maximum atomic E-state index is 11.9. The number of carbonyl (C=O) groups excluding carboxylic acids is 2. The van der Waals surface area contributed by atoms with Crippen molar-refractivity contribution in [3.05, 3.63) is 35.9 Å². The van der Waals surface area contributed by atoms with E-state index in [-0.39, 0.29) is 19.1 Å². The summed E-state index contributed by atoms with van der Waals surface area (Å²) in [5.41, 5.74) is 0.906. The minimum Gasteiger partial charge on any atom is -0.550 e. The number of rotatable bonds is 4. The Morgan fingerprint density at radius 1 is 1.30 bits per heavy atom. The molecular weight excluding hydrogens is 258 g/mol. The van der Waals surface area contributed by atoms with Gasteiger partial charge in [-0.15, -0.1) is 0 Å². The average molecular weight is 276 g/mol. The van der Waals surface area contributed by atoms with Crippen LogP contribution in [0.2, 0.25) is 0 Å². The van der Waals surface area contributed by atoms with E-state index in [1.165, 1.54) is 4.90 Å². The average Bonchev–Trinajstić information content (AvgIpc) is 2.90. The normalized spacial score (nSPS) is 21.8. The third kappa shape index (κ3) is 3.29. The molecule has 2 rings (SSSR count). The summed E-state index contributed by atoms with van der Waals surface area (Å²) < 4.78 is 5.21. The molecule has 0 aromatic heterocycles. The topological polar surface area (TPSA) is 69.7 Å². The first-order valence-corrected chi connectivity index (χ1v) is 6.78. The molecule has 20 heavy (non-hydrogen) atoms. The first kappa shape index (κ1) is 14.4. The molecule has 1 aliphatic heterocycles. The minimum atomic E-state index is -1.09. The molecule has 0 aliphatic carbocycles. The second-order valence-corrected chi connectivity index (χ2v) is 5.04. The van der Waals surface area contributed by atoms with Gasteiger partial charge in [-0.25, -0.2) is 4.79 Å². The van der Waals surface area contributed by atoms with Crippen LogP contribution in [0, 0.1) is 11.8 Å². The fraction of sp³-hybridized carbons (Fsp3) is 0.467. The third-order valence-corrected chi connectivity index (χ3v) is 3.73. The number of nitrogens with zero attached hydrogens (tertiary/aromatic N) is 1. The zero-order valence-electron chi connectivity index (χ0n) is 11.5. The van der Waals surface area contributed by atoms with Gasteiger partial charge in [-0.3, -0.25) is 0 Å². The molecule has 1 aromatic rings. The molecule has 1 amide bonds. The number of hydrogen-bond acceptors (Lipinski definition) is 4. The quantitative estimate of drug-likeness (QED) is 0.823. The highest BCUT2D eigenvalue weighted by atomic mass is 16.6. The van der Waals surface area contributed by atoms with E-state index < -0.39 is 18.0 Å². The van der Waals surface area contributed by atoms with E-state index in [1.54, 1.807) is 0 Å². The van der Waals surface area contributed by atoms with Gasteiger partial charge in [-0.2, -0.15) is 0 Å².